The van der Waals surface area contributed by atoms with Crippen molar-refractivity contribution in [3.8, 4) is 0 Å². The van der Waals surface area contributed by atoms with Crippen LogP contribution in [-0.2, 0) is 4.74 Å². The summed E-state index contributed by atoms with van der Waals surface area (Å²) in [7, 11) is 0. The molecular weight excluding hydrogens is 286 g/mol. The van der Waals surface area contributed by atoms with E-state index in [0.717, 1.165) is 12.1 Å². The molecule has 0 saturated heterocycles. The summed E-state index contributed by atoms with van der Waals surface area (Å²) < 4.78 is 5.22. The van der Waals surface area contributed by atoms with E-state index in [0.29, 0.717) is 24.5 Å². The second kappa shape index (κ2) is 8.89. The van der Waals surface area contributed by atoms with Crippen LogP contribution in [0.15, 0.2) is 59.6 Å². The van der Waals surface area contributed by atoms with E-state index in [9.17, 15) is 4.79 Å². The lowest BCUT2D eigenvalue weighted by Crippen LogP contribution is -2.06. The third kappa shape index (κ3) is 5.37. The lowest BCUT2D eigenvalue weighted by molar-refractivity contribution is 0.0516. The van der Waals surface area contributed by atoms with Gasteiger partial charge in [-0.25, -0.2) is 4.79 Å². The van der Waals surface area contributed by atoms with Crippen LogP contribution in [0.25, 0.3) is 0 Å². The average Bonchev–Trinajstić information content (AvgIpc) is 2.61. The smallest absolute Gasteiger partial charge is 0.338 e. The second-order valence-electron chi connectivity index (χ2n) is 5.51. The lowest BCUT2D eigenvalue weighted by Gasteiger charge is -2.08. The Morgan fingerprint density at radius 2 is 1.96 bits per heavy atom. The van der Waals surface area contributed by atoms with Gasteiger partial charge in [-0.15, -0.1) is 0 Å². The summed E-state index contributed by atoms with van der Waals surface area (Å²) in [5.74, 6) is 0.245. The zero-order valence-electron chi connectivity index (χ0n) is 13.7. The number of hydrogen-bond donors (Lipinski definition) is 0. The van der Waals surface area contributed by atoms with Gasteiger partial charge in [0.25, 0.3) is 0 Å². The number of carbonyl (C=O) groups is 1. The summed E-state index contributed by atoms with van der Waals surface area (Å²) >= 11 is 0. The number of nitrogens with zero attached hydrogens (tertiary/aromatic N) is 1. The molecule has 0 aliphatic heterocycles. The van der Waals surface area contributed by atoms with Crippen molar-refractivity contribution < 1.29 is 9.53 Å². The zero-order valence-corrected chi connectivity index (χ0v) is 13.7. The van der Waals surface area contributed by atoms with Gasteiger partial charge in [0.15, 0.2) is 0 Å². The minimum absolute atomic E-state index is 0.294. The van der Waals surface area contributed by atoms with Gasteiger partial charge in [0.05, 0.1) is 17.9 Å². The van der Waals surface area contributed by atoms with Crippen LogP contribution in [-0.4, -0.2) is 18.8 Å². The molecule has 2 rings (SSSR count). The Bertz CT molecular complexity index is 650. The molecule has 0 heterocycles. The van der Waals surface area contributed by atoms with Crippen molar-refractivity contribution in [3.05, 3.63) is 65.7 Å². The van der Waals surface area contributed by atoms with E-state index in [2.05, 4.69) is 31.0 Å². The molecule has 0 spiro atoms. The fourth-order valence-corrected chi connectivity index (χ4v) is 2.18. The first kappa shape index (κ1) is 16.9. The van der Waals surface area contributed by atoms with Crippen molar-refractivity contribution in [2.75, 3.05) is 6.61 Å². The molecule has 2 aromatic rings. The topological polar surface area (TPSA) is 38.7 Å². The van der Waals surface area contributed by atoms with Crippen molar-refractivity contribution in [2.24, 2.45) is 4.99 Å². The predicted octanol–water partition coefficient (Wildman–Crippen LogP) is 5.15. The van der Waals surface area contributed by atoms with Gasteiger partial charge in [0.2, 0.25) is 0 Å². The van der Waals surface area contributed by atoms with Crippen LogP contribution in [0.4, 0.5) is 5.69 Å². The molecule has 2 aromatic carbocycles. The third-order valence-electron chi connectivity index (χ3n) is 3.78. The fourth-order valence-electron chi connectivity index (χ4n) is 2.18. The summed E-state index contributed by atoms with van der Waals surface area (Å²) in [6.45, 7) is 4.73. The number of aliphatic imine (C=N–C) groups is 1. The van der Waals surface area contributed by atoms with Crippen LogP contribution in [0.2, 0.25) is 0 Å². The Morgan fingerprint density at radius 1 is 1.17 bits per heavy atom. The molecule has 3 nitrogen and oxygen atoms in total. The Hall–Kier alpha value is -2.42. The highest BCUT2D eigenvalue weighted by molar-refractivity contribution is 5.89. The van der Waals surface area contributed by atoms with Crippen molar-refractivity contribution in [3.63, 3.8) is 0 Å². The predicted molar refractivity (Wildman–Crippen MR) is 94.6 cm³/mol. The molecule has 0 aromatic heterocycles. The second-order valence-corrected chi connectivity index (χ2v) is 5.51. The molecule has 1 unspecified atom stereocenters. The normalized spacial score (nSPS) is 12.3. The fraction of sp³-hybridized carbons (Fsp3) is 0.300. The van der Waals surface area contributed by atoms with E-state index in [1.54, 1.807) is 18.3 Å². The molecule has 0 bridgehead atoms. The number of benzene rings is 2. The standard InChI is InChI=1S/C20H23NO2/c1-3-16(2)18-11-7-12-19(15-18)21-13-8-14-23-20(22)17-9-5-4-6-10-17/h4-7,9-13,15-16H,3,8,14H2,1-2H3. The molecule has 1 atom stereocenters. The van der Waals surface area contributed by atoms with Gasteiger partial charge in [-0.2, -0.15) is 0 Å². The molecule has 0 aliphatic carbocycles. The van der Waals surface area contributed by atoms with E-state index in [1.165, 1.54) is 5.56 Å². The molecule has 0 N–H and O–H groups in total. The van der Waals surface area contributed by atoms with E-state index in [4.69, 9.17) is 4.74 Å². The Kier molecular flexibility index (Phi) is 6.55. The van der Waals surface area contributed by atoms with Crippen LogP contribution in [0.3, 0.4) is 0 Å². The molecule has 0 radical (unpaired) electrons. The van der Waals surface area contributed by atoms with Gasteiger partial charge in [-0.1, -0.05) is 44.2 Å². The highest BCUT2D eigenvalue weighted by Gasteiger charge is 2.05. The summed E-state index contributed by atoms with van der Waals surface area (Å²) in [4.78, 5) is 16.2. The molecule has 0 aliphatic rings. The van der Waals surface area contributed by atoms with Crippen LogP contribution in [0.5, 0.6) is 0 Å². The van der Waals surface area contributed by atoms with E-state index in [-0.39, 0.29) is 5.97 Å². The first-order valence-corrected chi connectivity index (χ1v) is 8.05. The van der Waals surface area contributed by atoms with Gasteiger partial charge < -0.3 is 4.74 Å². The Morgan fingerprint density at radius 3 is 2.70 bits per heavy atom. The van der Waals surface area contributed by atoms with Crippen molar-refractivity contribution >= 4 is 17.9 Å². The van der Waals surface area contributed by atoms with Gasteiger partial charge >= 0.3 is 5.97 Å². The minimum Gasteiger partial charge on any atom is -0.462 e. The molecule has 0 saturated carbocycles. The van der Waals surface area contributed by atoms with Crippen molar-refractivity contribution in [1.82, 2.24) is 0 Å². The highest BCUT2D eigenvalue weighted by atomic mass is 16.5. The number of hydrogen-bond acceptors (Lipinski definition) is 3. The van der Waals surface area contributed by atoms with Crippen LogP contribution in [0.1, 0.15) is 48.5 Å². The maximum atomic E-state index is 11.8. The van der Waals surface area contributed by atoms with Crippen molar-refractivity contribution in [1.29, 1.82) is 0 Å². The maximum Gasteiger partial charge on any atom is 0.338 e. The largest absolute Gasteiger partial charge is 0.462 e. The molecule has 3 heteroatoms. The van der Waals surface area contributed by atoms with Crippen LogP contribution in [0, 0.1) is 0 Å². The quantitative estimate of drug-likeness (QED) is 0.403. The maximum absolute atomic E-state index is 11.8. The molecule has 23 heavy (non-hydrogen) atoms. The number of ether oxygens (including phenoxy) is 1. The van der Waals surface area contributed by atoms with E-state index >= 15 is 0 Å². The number of carbonyl (C=O) groups excluding carboxylic acids is 1. The first-order valence-electron chi connectivity index (χ1n) is 8.05. The third-order valence-corrected chi connectivity index (χ3v) is 3.78. The van der Waals surface area contributed by atoms with Gasteiger partial charge in [0.1, 0.15) is 0 Å². The lowest BCUT2D eigenvalue weighted by atomic mass is 9.98. The number of rotatable bonds is 7. The minimum atomic E-state index is -0.294. The average molecular weight is 309 g/mol. The highest BCUT2D eigenvalue weighted by Crippen LogP contribution is 2.22. The number of esters is 1. The Labute approximate surface area is 138 Å². The van der Waals surface area contributed by atoms with Crippen LogP contribution >= 0.6 is 0 Å². The summed E-state index contributed by atoms with van der Waals surface area (Å²) in [5, 5.41) is 0. The van der Waals surface area contributed by atoms with Gasteiger partial charge in [-0.3, -0.25) is 4.99 Å². The molecule has 0 amide bonds. The monoisotopic (exact) mass is 309 g/mol. The SMILES string of the molecule is CCC(C)c1cccc(N=CCCOC(=O)c2ccccc2)c1. The molecule has 0 fully saturated rings. The van der Waals surface area contributed by atoms with E-state index < -0.39 is 0 Å². The van der Waals surface area contributed by atoms with Crippen molar-refractivity contribution in [2.45, 2.75) is 32.6 Å². The first-order chi connectivity index (χ1) is 11.2. The van der Waals surface area contributed by atoms with Gasteiger partial charge in [0, 0.05) is 12.6 Å². The summed E-state index contributed by atoms with van der Waals surface area (Å²) in [5.41, 5.74) is 2.82. The molecular formula is C20H23NO2. The van der Waals surface area contributed by atoms with E-state index in [1.807, 2.05) is 30.3 Å². The summed E-state index contributed by atoms with van der Waals surface area (Å²) in [6, 6.07) is 17.3. The summed E-state index contributed by atoms with van der Waals surface area (Å²) in [6.07, 6.45) is 3.52. The molecule has 120 valence electrons. The Balaban J connectivity index is 1.80. The van der Waals surface area contributed by atoms with Crippen LogP contribution < -0.4 is 0 Å². The van der Waals surface area contributed by atoms with Gasteiger partial charge in [-0.05, 0) is 42.2 Å². The zero-order chi connectivity index (χ0) is 16.5.